The molecule has 0 bridgehead atoms. The quantitative estimate of drug-likeness (QED) is 0.885. The lowest BCUT2D eigenvalue weighted by molar-refractivity contribution is -0.110. The van der Waals surface area contributed by atoms with Gasteiger partial charge >= 0.3 is 0 Å². The van der Waals surface area contributed by atoms with E-state index in [1.54, 1.807) is 26.2 Å². The molecule has 1 spiro atoms. The smallest absolute Gasteiger partial charge is 0.259 e. The second-order valence-corrected chi connectivity index (χ2v) is 7.43. The second kappa shape index (κ2) is 7.26. The van der Waals surface area contributed by atoms with E-state index in [4.69, 9.17) is 9.26 Å². The zero-order valence-electron chi connectivity index (χ0n) is 15.8. The monoisotopic (exact) mass is 371 g/mol. The standard InChI is InChI=1S/C19H25N5O3/c1-13-16(14(2)27-23-13)17(25)24-9-5-19(6-10-24)12-15(4-11-26-19)22-18-20-7-3-8-21-18/h3,7-8,15H,4-6,9-12H2,1-2H3,(H,20,21,22)/t15-/m1/s1. The van der Waals surface area contributed by atoms with Crippen molar-refractivity contribution in [3.63, 3.8) is 0 Å². The highest BCUT2D eigenvalue weighted by atomic mass is 16.5. The van der Waals surface area contributed by atoms with Crippen molar-refractivity contribution in [2.45, 2.75) is 51.2 Å². The molecule has 2 fully saturated rings. The highest BCUT2D eigenvalue weighted by molar-refractivity contribution is 5.96. The molecule has 0 saturated carbocycles. The van der Waals surface area contributed by atoms with Crippen molar-refractivity contribution in [2.24, 2.45) is 0 Å². The molecular weight excluding hydrogens is 346 g/mol. The summed E-state index contributed by atoms with van der Waals surface area (Å²) in [6.07, 6.45) is 6.97. The predicted octanol–water partition coefficient (Wildman–Crippen LogP) is 2.35. The summed E-state index contributed by atoms with van der Waals surface area (Å²) in [6.45, 7) is 5.66. The van der Waals surface area contributed by atoms with Gasteiger partial charge in [0.1, 0.15) is 11.3 Å². The fraction of sp³-hybridized carbons (Fsp3) is 0.579. The highest BCUT2D eigenvalue weighted by Gasteiger charge is 2.42. The number of nitrogens with one attached hydrogen (secondary N) is 1. The van der Waals surface area contributed by atoms with Gasteiger partial charge in [0, 0.05) is 38.1 Å². The van der Waals surface area contributed by atoms with Gasteiger partial charge < -0.3 is 19.5 Å². The SMILES string of the molecule is Cc1noc(C)c1C(=O)N1CCC2(CC1)C[C@H](Nc1ncccn1)CCO2. The van der Waals surface area contributed by atoms with E-state index in [0.29, 0.717) is 42.7 Å². The number of amides is 1. The molecule has 27 heavy (non-hydrogen) atoms. The Kier molecular flexibility index (Phi) is 4.82. The molecule has 4 heterocycles. The number of anilines is 1. The van der Waals surface area contributed by atoms with Crippen molar-refractivity contribution in [1.29, 1.82) is 0 Å². The number of nitrogens with zero attached hydrogens (tertiary/aromatic N) is 4. The topological polar surface area (TPSA) is 93.4 Å². The van der Waals surface area contributed by atoms with Gasteiger partial charge in [0.2, 0.25) is 5.95 Å². The van der Waals surface area contributed by atoms with Gasteiger partial charge in [-0.05, 0) is 45.6 Å². The van der Waals surface area contributed by atoms with Crippen LogP contribution in [0.5, 0.6) is 0 Å². The molecule has 1 atom stereocenters. The van der Waals surface area contributed by atoms with Crippen LogP contribution in [0.25, 0.3) is 0 Å². The summed E-state index contributed by atoms with van der Waals surface area (Å²) in [6, 6.07) is 2.09. The number of aromatic nitrogens is 3. The van der Waals surface area contributed by atoms with Gasteiger partial charge in [-0.25, -0.2) is 9.97 Å². The summed E-state index contributed by atoms with van der Waals surface area (Å²) in [5.74, 6) is 1.24. The largest absolute Gasteiger partial charge is 0.375 e. The molecule has 2 aliphatic rings. The predicted molar refractivity (Wildman–Crippen MR) is 98.5 cm³/mol. The maximum atomic E-state index is 12.8. The van der Waals surface area contributed by atoms with E-state index in [1.165, 1.54) is 0 Å². The maximum absolute atomic E-state index is 12.8. The molecule has 4 rings (SSSR count). The third-order valence-corrected chi connectivity index (χ3v) is 5.60. The lowest BCUT2D eigenvalue weighted by atomic mass is 9.82. The molecule has 2 aromatic heterocycles. The van der Waals surface area contributed by atoms with Gasteiger partial charge in [-0.15, -0.1) is 0 Å². The highest BCUT2D eigenvalue weighted by Crippen LogP contribution is 2.36. The average Bonchev–Trinajstić information content (AvgIpc) is 3.01. The molecule has 1 N–H and O–H groups in total. The van der Waals surface area contributed by atoms with Gasteiger partial charge in [-0.2, -0.15) is 0 Å². The van der Waals surface area contributed by atoms with E-state index in [0.717, 1.165) is 25.7 Å². The lowest BCUT2D eigenvalue weighted by Gasteiger charge is -2.46. The average molecular weight is 371 g/mol. The van der Waals surface area contributed by atoms with Crippen LogP contribution in [0, 0.1) is 13.8 Å². The third-order valence-electron chi connectivity index (χ3n) is 5.60. The number of hydrogen-bond donors (Lipinski definition) is 1. The van der Waals surface area contributed by atoms with Crippen molar-refractivity contribution < 1.29 is 14.1 Å². The minimum atomic E-state index is -0.180. The molecule has 2 aliphatic heterocycles. The molecule has 2 aromatic rings. The zero-order valence-corrected chi connectivity index (χ0v) is 15.8. The number of aryl methyl sites for hydroxylation is 2. The van der Waals surface area contributed by atoms with Gasteiger partial charge in [0.05, 0.1) is 11.3 Å². The summed E-state index contributed by atoms with van der Waals surface area (Å²) in [4.78, 5) is 23.2. The third kappa shape index (κ3) is 3.66. The van der Waals surface area contributed by atoms with Crippen molar-refractivity contribution in [3.05, 3.63) is 35.5 Å². The van der Waals surface area contributed by atoms with E-state index in [1.807, 2.05) is 11.0 Å². The van der Waals surface area contributed by atoms with Crippen LogP contribution in [-0.2, 0) is 4.74 Å². The Bertz CT molecular complexity index is 779. The first-order chi connectivity index (χ1) is 13.1. The number of hydrogen-bond acceptors (Lipinski definition) is 7. The van der Waals surface area contributed by atoms with E-state index in [-0.39, 0.29) is 17.6 Å². The molecule has 0 unspecified atom stereocenters. The van der Waals surface area contributed by atoms with Crippen LogP contribution in [0.3, 0.4) is 0 Å². The van der Waals surface area contributed by atoms with Crippen LogP contribution < -0.4 is 5.32 Å². The summed E-state index contributed by atoms with van der Waals surface area (Å²) < 4.78 is 11.3. The number of piperidine rings is 1. The van der Waals surface area contributed by atoms with Crippen molar-refractivity contribution in [3.8, 4) is 0 Å². The minimum Gasteiger partial charge on any atom is -0.375 e. The number of ether oxygens (including phenoxy) is 1. The van der Waals surface area contributed by atoms with Crippen LogP contribution in [0.2, 0.25) is 0 Å². The fourth-order valence-electron chi connectivity index (χ4n) is 4.12. The van der Waals surface area contributed by atoms with E-state index in [9.17, 15) is 4.79 Å². The molecule has 8 nitrogen and oxygen atoms in total. The van der Waals surface area contributed by atoms with E-state index < -0.39 is 0 Å². The van der Waals surface area contributed by atoms with Crippen LogP contribution >= 0.6 is 0 Å². The Morgan fingerprint density at radius 3 is 2.67 bits per heavy atom. The molecule has 0 aromatic carbocycles. The summed E-state index contributed by atoms with van der Waals surface area (Å²) in [5.41, 5.74) is 1.07. The Hall–Kier alpha value is -2.48. The second-order valence-electron chi connectivity index (χ2n) is 7.43. The Morgan fingerprint density at radius 2 is 2.00 bits per heavy atom. The molecular formula is C19H25N5O3. The van der Waals surface area contributed by atoms with Crippen LogP contribution in [-0.4, -0.2) is 57.3 Å². The maximum Gasteiger partial charge on any atom is 0.259 e. The zero-order chi connectivity index (χ0) is 18.9. The van der Waals surface area contributed by atoms with Gasteiger partial charge in [0.25, 0.3) is 5.91 Å². The molecule has 8 heteroatoms. The van der Waals surface area contributed by atoms with Crippen LogP contribution in [0.15, 0.2) is 23.0 Å². The van der Waals surface area contributed by atoms with Gasteiger partial charge in [0.15, 0.2) is 0 Å². The summed E-state index contributed by atoms with van der Waals surface area (Å²) >= 11 is 0. The van der Waals surface area contributed by atoms with Gasteiger partial charge in [-0.1, -0.05) is 5.16 Å². The number of carbonyl (C=O) groups is 1. The van der Waals surface area contributed by atoms with E-state index >= 15 is 0 Å². The van der Waals surface area contributed by atoms with Crippen molar-refractivity contribution in [1.82, 2.24) is 20.0 Å². The van der Waals surface area contributed by atoms with Crippen molar-refractivity contribution in [2.75, 3.05) is 25.0 Å². The van der Waals surface area contributed by atoms with Crippen molar-refractivity contribution >= 4 is 11.9 Å². The summed E-state index contributed by atoms with van der Waals surface area (Å²) in [7, 11) is 0. The Morgan fingerprint density at radius 1 is 1.26 bits per heavy atom. The molecule has 0 radical (unpaired) electrons. The number of rotatable bonds is 3. The first-order valence-electron chi connectivity index (χ1n) is 9.46. The minimum absolute atomic E-state index is 0.00395. The van der Waals surface area contributed by atoms with Gasteiger partial charge in [-0.3, -0.25) is 4.79 Å². The van der Waals surface area contributed by atoms with Crippen LogP contribution in [0.1, 0.15) is 47.5 Å². The lowest BCUT2D eigenvalue weighted by Crippen LogP contribution is -2.52. The molecule has 144 valence electrons. The molecule has 2 saturated heterocycles. The first-order valence-corrected chi connectivity index (χ1v) is 9.46. The fourth-order valence-corrected chi connectivity index (χ4v) is 4.12. The molecule has 0 aliphatic carbocycles. The molecule has 1 amide bonds. The first kappa shape index (κ1) is 17.9. The summed E-state index contributed by atoms with van der Waals surface area (Å²) in [5, 5.41) is 7.32. The Labute approximate surface area is 158 Å². The normalized spacial score (nSPS) is 22.0. The number of likely N-dealkylation sites (tertiary alicyclic amines) is 1. The van der Waals surface area contributed by atoms with E-state index in [2.05, 4.69) is 20.4 Å². The Balaban J connectivity index is 1.38. The number of carbonyl (C=O) groups excluding carboxylic acids is 1. The van der Waals surface area contributed by atoms with Crippen LogP contribution in [0.4, 0.5) is 5.95 Å².